The number of methoxy groups -OCH3 is 1. The lowest BCUT2D eigenvalue weighted by atomic mass is 9.94. The van der Waals surface area contributed by atoms with Crippen LogP contribution in [0.5, 0.6) is 5.75 Å². The Morgan fingerprint density at radius 1 is 1.14 bits per heavy atom. The minimum Gasteiger partial charge on any atom is -0.497 e. The van der Waals surface area contributed by atoms with E-state index in [2.05, 4.69) is 10.2 Å². The van der Waals surface area contributed by atoms with E-state index in [0.717, 1.165) is 48.4 Å². The van der Waals surface area contributed by atoms with Crippen LogP contribution < -0.4 is 4.74 Å². The first-order valence-electron chi connectivity index (χ1n) is 9.41. The van der Waals surface area contributed by atoms with Crippen molar-refractivity contribution in [2.45, 2.75) is 25.3 Å². The molecule has 4 rings (SSSR count). The summed E-state index contributed by atoms with van der Waals surface area (Å²) in [5.41, 5.74) is 3.70. The van der Waals surface area contributed by atoms with Gasteiger partial charge in [-0.05, 0) is 61.2 Å². The molecule has 5 nitrogen and oxygen atoms in total. The van der Waals surface area contributed by atoms with Gasteiger partial charge in [0.25, 0.3) is 5.91 Å². The van der Waals surface area contributed by atoms with Crippen molar-refractivity contribution in [2.24, 2.45) is 0 Å². The van der Waals surface area contributed by atoms with Crippen LogP contribution in [0.2, 0.25) is 5.02 Å². The summed E-state index contributed by atoms with van der Waals surface area (Å²) in [5, 5.41) is 8.06. The average Bonchev–Trinajstić information content (AvgIpc) is 3.23. The fourth-order valence-electron chi connectivity index (χ4n) is 3.78. The predicted octanol–water partition coefficient (Wildman–Crippen LogP) is 5.11. The lowest BCUT2D eigenvalue weighted by molar-refractivity contribution is 0.0607. The molecule has 0 saturated carbocycles. The van der Waals surface area contributed by atoms with Gasteiger partial charge in [-0.1, -0.05) is 23.7 Å². The third-order valence-corrected chi connectivity index (χ3v) is 5.51. The molecule has 6 heteroatoms. The molecule has 1 unspecified atom stereocenters. The van der Waals surface area contributed by atoms with E-state index in [-0.39, 0.29) is 11.9 Å². The van der Waals surface area contributed by atoms with Crippen molar-refractivity contribution in [3.05, 3.63) is 71.0 Å². The van der Waals surface area contributed by atoms with Crippen molar-refractivity contribution in [2.75, 3.05) is 13.7 Å². The van der Waals surface area contributed by atoms with Gasteiger partial charge in [0, 0.05) is 22.7 Å². The number of halogens is 1. The molecule has 2 heterocycles. The molecule has 1 aromatic heterocycles. The van der Waals surface area contributed by atoms with Crippen LogP contribution in [-0.2, 0) is 0 Å². The zero-order valence-corrected chi connectivity index (χ0v) is 16.4. The maximum Gasteiger partial charge on any atom is 0.254 e. The largest absolute Gasteiger partial charge is 0.497 e. The first-order chi connectivity index (χ1) is 13.7. The zero-order chi connectivity index (χ0) is 19.5. The molecular weight excluding hydrogens is 374 g/mol. The standard InChI is InChI=1S/C22H22ClN3O2/c1-28-18-11-7-15(8-12-18)19-14-24-25-21(19)20-4-2-3-13-26(20)22(27)16-5-9-17(23)10-6-16/h5-12,14,20H,2-4,13H2,1H3,(H,24,25). The Morgan fingerprint density at radius 3 is 2.61 bits per heavy atom. The third-order valence-electron chi connectivity index (χ3n) is 5.26. The number of ether oxygens (including phenoxy) is 1. The van der Waals surface area contributed by atoms with Gasteiger partial charge >= 0.3 is 0 Å². The lowest BCUT2D eigenvalue weighted by Crippen LogP contribution is -2.38. The second-order valence-electron chi connectivity index (χ2n) is 6.94. The fourth-order valence-corrected chi connectivity index (χ4v) is 3.91. The number of benzene rings is 2. The maximum atomic E-state index is 13.2. The van der Waals surface area contributed by atoms with E-state index in [1.165, 1.54) is 0 Å². The molecule has 3 aromatic rings. The highest BCUT2D eigenvalue weighted by Gasteiger charge is 2.31. The van der Waals surface area contributed by atoms with Gasteiger partial charge in [-0.3, -0.25) is 9.89 Å². The number of carbonyl (C=O) groups is 1. The van der Waals surface area contributed by atoms with Crippen molar-refractivity contribution >= 4 is 17.5 Å². The SMILES string of the molecule is COc1ccc(-c2cn[nH]c2C2CCCCN2C(=O)c2ccc(Cl)cc2)cc1. The van der Waals surface area contributed by atoms with Crippen molar-refractivity contribution < 1.29 is 9.53 Å². The molecule has 0 radical (unpaired) electrons. The van der Waals surface area contributed by atoms with Crippen LogP contribution >= 0.6 is 11.6 Å². The van der Waals surface area contributed by atoms with E-state index >= 15 is 0 Å². The Kier molecular flexibility index (Phi) is 5.35. The molecule has 28 heavy (non-hydrogen) atoms. The minimum absolute atomic E-state index is 0.0247. The molecule has 0 aliphatic carbocycles. The maximum absolute atomic E-state index is 13.2. The number of amides is 1. The normalized spacial score (nSPS) is 16.8. The van der Waals surface area contributed by atoms with Gasteiger partial charge in [0.1, 0.15) is 5.75 Å². The van der Waals surface area contributed by atoms with E-state index < -0.39 is 0 Å². The van der Waals surface area contributed by atoms with Crippen LogP contribution in [0.1, 0.15) is 41.4 Å². The molecule has 0 spiro atoms. The summed E-state index contributed by atoms with van der Waals surface area (Å²) in [6.45, 7) is 0.729. The molecule has 1 saturated heterocycles. The summed E-state index contributed by atoms with van der Waals surface area (Å²) in [6, 6.07) is 15.0. The molecule has 144 valence electrons. The Morgan fingerprint density at radius 2 is 1.89 bits per heavy atom. The second kappa shape index (κ2) is 8.07. The quantitative estimate of drug-likeness (QED) is 0.668. The summed E-state index contributed by atoms with van der Waals surface area (Å²) in [5.74, 6) is 0.836. The van der Waals surface area contributed by atoms with E-state index in [9.17, 15) is 4.79 Å². The highest BCUT2D eigenvalue weighted by atomic mass is 35.5. The van der Waals surface area contributed by atoms with Gasteiger partial charge in [-0.2, -0.15) is 5.10 Å². The second-order valence-corrected chi connectivity index (χ2v) is 7.38. The lowest BCUT2D eigenvalue weighted by Gasteiger charge is -2.35. The summed E-state index contributed by atoms with van der Waals surface area (Å²) < 4.78 is 5.25. The van der Waals surface area contributed by atoms with Crippen LogP contribution in [0.25, 0.3) is 11.1 Å². The van der Waals surface area contributed by atoms with Crippen LogP contribution in [-0.4, -0.2) is 34.7 Å². The molecule has 1 amide bonds. The molecule has 1 atom stereocenters. The molecule has 0 bridgehead atoms. The summed E-state index contributed by atoms with van der Waals surface area (Å²) in [7, 11) is 1.65. The van der Waals surface area contributed by atoms with Crippen LogP contribution in [0.4, 0.5) is 0 Å². The third kappa shape index (κ3) is 3.62. The van der Waals surface area contributed by atoms with Gasteiger partial charge in [0.2, 0.25) is 0 Å². The highest BCUT2D eigenvalue weighted by molar-refractivity contribution is 6.30. The number of nitrogens with one attached hydrogen (secondary N) is 1. The number of piperidine rings is 1. The molecule has 2 aromatic carbocycles. The topological polar surface area (TPSA) is 58.2 Å². The van der Waals surface area contributed by atoms with E-state index in [0.29, 0.717) is 10.6 Å². The number of aromatic amines is 1. The Balaban J connectivity index is 1.66. The van der Waals surface area contributed by atoms with E-state index in [4.69, 9.17) is 16.3 Å². The number of aromatic nitrogens is 2. The van der Waals surface area contributed by atoms with Gasteiger partial charge in [-0.25, -0.2) is 0 Å². The van der Waals surface area contributed by atoms with Crippen molar-refractivity contribution in [3.63, 3.8) is 0 Å². The number of hydrogen-bond acceptors (Lipinski definition) is 3. The molecule has 1 N–H and O–H groups in total. The van der Waals surface area contributed by atoms with E-state index in [1.807, 2.05) is 35.4 Å². The molecular formula is C22H22ClN3O2. The highest BCUT2D eigenvalue weighted by Crippen LogP contribution is 2.36. The summed E-state index contributed by atoms with van der Waals surface area (Å²) in [6.07, 6.45) is 4.82. The summed E-state index contributed by atoms with van der Waals surface area (Å²) >= 11 is 5.98. The Labute approximate surface area is 169 Å². The number of rotatable bonds is 4. The van der Waals surface area contributed by atoms with Gasteiger partial charge < -0.3 is 9.64 Å². The molecule has 1 aliphatic rings. The fraction of sp³-hybridized carbons (Fsp3) is 0.273. The Bertz CT molecular complexity index is 951. The monoisotopic (exact) mass is 395 g/mol. The summed E-state index contributed by atoms with van der Waals surface area (Å²) in [4.78, 5) is 15.1. The van der Waals surface area contributed by atoms with Gasteiger partial charge in [0.05, 0.1) is 25.0 Å². The van der Waals surface area contributed by atoms with Crippen LogP contribution in [0.15, 0.2) is 54.7 Å². The van der Waals surface area contributed by atoms with Gasteiger partial charge in [0.15, 0.2) is 0 Å². The zero-order valence-electron chi connectivity index (χ0n) is 15.7. The van der Waals surface area contributed by atoms with Gasteiger partial charge in [-0.15, -0.1) is 0 Å². The van der Waals surface area contributed by atoms with Crippen LogP contribution in [0.3, 0.4) is 0 Å². The average molecular weight is 396 g/mol. The number of likely N-dealkylation sites (tertiary alicyclic amines) is 1. The van der Waals surface area contributed by atoms with Crippen LogP contribution in [0, 0.1) is 0 Å². The molecule has 1 fully saturated rings. The van der Waals surface area contributed by atoms with Crippen molar-refractivity contribution in [1.82, 2.24) is 15.1 Å². The van der Waals surface area contributed by atoms with Crippen molar-refractivity contribution in [1.29, 1.82) is 0 Å². The minimum atomic E-state index is -0.0310. The Hall–Kier alpha value is -2.79. The van der Waals surface area contributed by atoms with Crippen molar-refractivity contribution in [3.8, 4) is 16.9 Å². The molecule has 1 aliphatic heterocycles. The van der Waals surface area contributed by atoms with E-state index in [1.54, 1.807) is 31.4 Å². The number of nitrogens with zero attached hydrogens (tertiary/aromatic N) is 2. The number of carbonyl (C=O) groups excluding carboxylic acids is 1. The number of hydrogen-bond donors (Lipinski definition) is 1. The predicted molar refractivity (Wildman–Crippen MR) is 110 cm³/mol. The number of H-pyrrole nitrogens is 1. The first-order valence-corrected chi connectivity index (χ1v) is 9.79. The smallest absolute Gasteiger partial charge is 0.254 e. The first kappa shape index (κ1) is 18.6.